The van der Waals surface area contributed by atoms with Crippen LogP contribution in [0.25, 0.3) is 0 Å². The van der Waals surface area contributed by atoms with Crippen LogP contribution >= 0.6 is 0 Å². The summed E-state index contributed by atoms with van der Waals surface area (Å²) in [5.41, 5.74) is 5.48. The molecular weight excluding hydrogens is 98.1 g/mol. The van der Waals surface area contributed by atoms with Crippen molar-refractivity contribution in [3.05, 3.63) is 0 Å². The maximum atomic E-state index is 5.48. The zero-order chi connectivity index (χ0) is 6.57. The average molecular weight is 115 g/mol. The second kappa shape index (κ2) is 3.90. The molecule has 0 radical (unpaired) electrons. The third kappa shape index (κ3) is 2.31. The Kier molecular flexibility index (Phi) is 3.88. The van der Waals surface area contributed by atoms with E-state index >= 15 is 0 Å². The van der Waals surface area contributed by atoms with Crippen LogP contribution in [0.15, 0.2) is 0 Å². The molecule has 0 aliphatic heterocycles. The first-order valence-electron chi connectivity index (χ1n) is 3.42. The molecule has 1 atom stereocenters. The SMILES string of the molecule is CC[C@@H](CN)C(C)C. The van der Waals surface area contributed by atoms with Gasteiger partial charge in [0.1, 0.15) is 0 Å². The van der Waals surface area contributed by atoms with Crippen LogP contribution in [0.5, 0.6) is 0 Å². The van der Waals surface area contributed by atoms with Gasteiger partial charge in [-0.2, -0.15) is 0 Å². The minimum Gasteiger partial charge on any atom is -0.330 e. The lowest BCUT2D eigenvalue weighted by Crippen LogP contribution is -2.18. The van der Waals surface area contributed by atoms with Gasteiger partial charge in [-0.15, -0.1) is 0 Å². The van der Waals surface area contributed by atoms with E-state index in [2.05, 4.69) is 20.8 Å². The molecule has 2 N–H and O–H groups in total. The third-order valence-corrected chi connectivity index (χ3v) is 1.77. The van der Waals surface area contributed by atoms with Gasteiger partial charge in [0.05, 0.1) is 0 Å². The number of hydrogen-bond donors (Lipinski definition) is 1. The van der Waals surface area contributed by atoms with Gasteiger partial charge in [0.25, 0.3) is 0 Å². The van der Waals surface area contributed by atoms with Gasteiger partial charge in [-0.25, -0.2) is 0 Å². The van der Waals surface area contributed by atoms with Crippen molar-refractivity contribution in [3.8, 4) is 0 Å². The first kappa shape index (κ1) is 7.96. The summed E-state index contributed by atoms with van der Waals surface area (Å²) < 4.78 is 0. The normalized spacial score (nSPS) is 14.6. The Labute approximate surface area is 52.3 Å². The lowest BCUT2D eigenvalue weighted by molar-refractivity contribution is 0.383. The van der Waals surface area contributed by atoms with Crippen molar-refractivity contribution in [2.24, 2.45) is 17.6 Å². The van der Waals surface area contributed by atoms with Gasteiger partial charge >= 0.3 is 0 Å². The number of hydrogen-bond acceptors (Lipinski definition) is 1. The van der Waals surface area contributed by atoms with E-state index < -0.39 is 0 Å². The number of nitrogens with two attached hydrogens (primary N) is 1. The first-order valence-corrected chi connectivity index (χ1v) is 3.42. The van der Waals surface area contributed by atoms with E-state index in [-0.39, 0.29) is 0 Å². The maximum absolute atomic E-state index is 5.48. The molecule has 0 aromatic carbocycles. The summed E-state index contributed by atoms with van der Waals surface area (Å²) in [5, 5.41) is 0. The Bertz CT molecular complexity index is 46.3. The molecule has 0 heterocycles. The highest BCUT2D eigenvalue weighted by atomic mass is 14.5. The molecule has 0 saturated carbocycles. The summed E-state index contributed by atoms with van der Waals surface area (Å²) >= 11 is 0. The predicted molar refractivity (Wildman–Crippen MR) is 37.7 cm³/mol. The summed E-state index contributed by atoms with van der Waals surface area (Å²) in [7, 11) is 0. The van der Waals surface area contributed by atoms with Crippen molar-refractivity contribution < 1.29 is 0 Å². The molecule has 0 saturated heterocycles. The van der Waals surface area contributed by atoms with Crippen LogP contribution < -0.4 is 5.73 Å². The highest BCUT2D eigenvalue weighted by molar-refractivity contribution is 4.60. The molecule has 0 aliphatic carbocycles. The van der Waals surface area contributed by atoms with Crippen molar-refractivity contribution in [2.75, 3.05) is 6.54 Å². The molecule has 0 unspecified atom stereocenters. The summed E-state index contributed by atoms with van der Waals surface area (Å²) in [5.74, 6) is 1.49. The molecule has 0 bridgehead atoms. The zero-order valence-corrected chi connectivity index (χ0v) is 6.15. The maximum Gasteiger partial charge on any atom is -0.00465 e. The van der Waals surface area contributed by atoms with Gasteiger partial charge in [0.2, 0.25) is 0 Å². The van der Waals surface area contributed by atoms with Crippen LogP contribution in [0.2, 0.25) is 0 Å². The Morgan fingerprint density at radius 3 is 1.88 bits per heavy atom. The summed E-state index contributed by atoms with van der Waals surface area (Å²) in [4.78, 5) is 0. The van der Waals surface area contributed by atoms with Crippen molar-refractivity contribution in [1.82, 2.24) is 0 Å². The van der Waals surface area contributed by atoms with Gasteiger partial charge in [-0.1, -0.05) is 27.2 Å². The van der Waals surface area contributed by atoms with Crippen LogP contribution in [0, 0.1) is 11.8 Å². The topological polar surface area (TPSA) is 26.0 Å². The molecule has 1 nitrogen and oxygen atoms in total. The van der Waals surface area contributed by atoms with Gasteiger partial charge in [0.15, 0.2) is 0 Å². The van der Waals surface area contributed by atoms with Gasteiger partial charge in [0, 0.05) is 0 Å². The second-order valence-corrected chi connectivity index (χ2v) is 2.65. The molecule has 0 spiro atoms. The van der Waals surface area contributed by atoms with Crippen molar-refractivity contribution in [1.29, 1.82) is 0 Å². The lowest BCUT2D eigenvalue weighted by Gasteiger charge is -2.15. The largest absolute Gasteiger partial charge is 0.330 e. The van der Waals surface area contributed by atoms with E-state index in [1.165, 1.54) is 6.42 Å². The Morgan fingerprint density at radius 2 is 1.88 bits per heavy atom. The van der Waals surface area contributed by atoms with Crippen LogP contribution in [0.3, 0.4) is 0 Å². The van der Waals surface area contributed by atoms with Crippen molar-refractivity contribution in [3.63, 3.8) is 0 Å². The fraction of sp³-hybridized carbons (Fsp3) is 1.00. The Morgan fingerprint density at radius 1 is 1.38 bits per heavy atom. The molecule has 0 aromatic rings. The molecule has 0 aliphatic rings. The highest BCUT2D eigenvalue weighted by Crippen LogP contribution is 2.11. The zero-order valence-electron chi connectivity index (χ0n) is 6.15. The van der Waals surface area contributed by atoms with E-state index in [9.17, 15) is 0 Å². The quantitative estimate of drug-likeness (QED) is 0.594. The van der Waals surface area contributed by atoms with Crippen LogP contribution in [-0.4, -0.2) is 6.54 Å². The van der Waals surface area contributed by atoms with Gasteiger partial charge in [-0.3, -0.25) is 0 Å². The smallest absolute Gasteiger partial charge is 0.00465 e. The van der Waals surface area contributed by atoms with Crippen molar-refractivity contribution >= 4 is 0 Å². The van der Waals surface area contributed by atoms with E-state index in [1.807, 2.05) is 0 Å². The lowest BCUT2D eigenvalue weighted by atomic mass is 9.94. The summed E-state index contributed by atoms with van der Waals surface area (Å²) in [6, 6.07) is 0. The van der Waals surface area contributed by atoms with Crippen LogP contribution in [0.4, 0.5) is 0 Å². The highest BCUT2D eigenvalue weighted by Gasteiger charge is 2.06. The molecule has 50 valence electrons. The van der Waals surface area contributed by atoms with Crippen LogP contribution in [0.1, 0.15) is 27.2 Å². The molecule has 1 heteroatoms. The number of rotatable bonds is 3. The minimum atomic E-state index is 0.731. The second-order valence-electron chi connectivity index (χ2n) is 2.65. The van der Waals surface area contributed by atoms with E-state index in [0.717, 1.165) is 18.4 Å². The standard InChI is InChI=1S/C7H17N/c1-4-7(5-8)6(2)3/h6-7H,4-5,8H2,1-3H3/t7-/m0/s1. The summed E-state index contributed by atoms with van der Waals surface area (Å²) in [6.07, 6.45) is 1.22. The molecule has 8 heavy (non-hydrogen) atoms. The molecule has 0 fully saturated rings. The third-order valence-electron chi connectivity index (χ3n) is 1.77. The Balaban J connectivity index is 3.35. The van der Waals surface area contributed by atoms with Gasteiger partial charge < -0.3 is 5.73 Å². The fourth-order valence-electron chi connectivity index (χ4n) is 0.910. The van der Waals surface area contributed by atoms with Gasteiger partial charge in [-0.05, 0) is 18.4 Å². The fourth-order valence-corrected chi connectivity index (χ4v) is 0.910. The van der Waals surface area contributed by atoms with E-state index in [0.29, 0.717) is 0 Å². The summed E-state index contributed by atoms with van der Waals surface area (Å²) in [6.45, 7) is 7.48. The first-order chi connectivity index (χ1) is 3.72. The van der Waals surface area contributed by atoms with Crippen molar-refractivity contribution in [2.45, 2.75) is 27.2 Å². The minimum absolute atomic E-state index is 0.731. The Hall–Kier alpha value is -0.0400. The van der Waals surface area contributed by atoms with E-state index in [4.69, 9.17) is 5.73 Å². The molecular formula is C7H17N. The van der Waals surface area contributed by atoms with Crippen LogP contribution in [-0.2, 0) is 0 Å². The monoisotopic (exact) mass is 115 g/mol. The molecule has 0 rings (SSSR count). The average Bonchev–Trinajstić information content (AvgIpc) is 1.69. The predicted octanol–water partition coefficient (Wildman–Crippen LogP) is 1.63. The van der Waals surface area contributed by atoms with E-state index in [1.54, 1.807) is 0 Å². The molecule has 0 amide bonds. The molecule has 0 aromatic heterocycles.